The number of hydrogen-bond acceptors (Lipinski definition) is 2. The minimum Gasteiger partial charge on any atom is -0.341 e. The zero-order valence-electron chi connectivity index (χ0n) is 8.99. The molecule has 0 atom stereocenters. The van der Waals surface area contributed by atoms with Gasteiger partial charge in [0.1, 0.15) is 5.54 Å². The lowest BCUT2D eigenvalue weighted by atomic mass is 10.1. The molecule has 0 radical (unpaired) electrons. The van der Waals surface area contributed by atoms with Crippen LogP contribution in [0.4, 0.5) is 10.5 Å². The third-order valence-electron chi connectivity index (χ3n) is 3.38. The molecular formula is C12H12N2O2. The van der Waals surface area contributed by atoms with Crippen LogP contribution in [0.25, 0.3) is 0 Å². The first-order valence-electron chi connectivity index (χ1n) is 5.36. The number of nitrogens with one attached hydrogen (secondary N) is 1. The molecule has 1 N–H and O–H groups in total. The third-order valence-corrected chi connectivity index (χ3v) is 3.38. The lowest BCUT2D eigenvalue weighted by molar-refractivity contribution is 0.0960. The molecule has 3 rings (SSSR count). The normalized spacial score (nSPS) is 19.8. The number of carbonyl (C=O) groups excluding carboxylic acids is 2. The highest BCUT2D eigenvalue weighted by atomic mass is 16.2. The van der Waals surface area contributed by atoms with E-state index in [1.807, 2.05) is 18.2 Å². The molecular weight excluding hydrogens is 204 g/mol. The van der Waals surface area contributed by atoms with Gasteiger partial charge >= 0.3 is 6.03 Å². The summed E-state index contributed by atoms with van der Waals surface area (Å²) in [4.78, 5) is 25.6. The Hall–Kier alpha value is -1.84. The van der Waals surface area contributed by atoms with Crippen molar-refractivity contribution >= 4 is 17.5 Å². The van der Waals surface area contributed by atoms with Crippen LogP contribution in [0.1, 0.15) is 23.2 Å². The smallest absolute Gasteiger partial charge is 0.322 e. The van der Waals surface area contributed by atoms with Gasteiger partial charge in [0.15, 0.2) is 5.78 Å². The van der Waals surface area contributed by atoms with Gasteiger partial charge in [-0.05, 0) is 25.0 Å². The number of benzene rings is 1. The number of para-hydroxylation sites is 1. The fourth-order valence-electron chi connectivity index (χ4n) is 2.43. The second kappa shape index (κ2) is 2.84. The second-order valence-electron chi connectivity index (χ2n) is 4.27. The summed E-state index contributed by atoms with van der Waals surface area (Å²) in [6.45, 7) is 0. The van der Waals surface area contributed by atoms with E-state index in [0.29, 0.717) is 5.56 Å². The Kier molecular flexibility index (Phi) is 1.67. The van der Waals surface area contributed by atoms with Crippen LogP contribution < -0.4 is 10.2 Å². The van der Waals surface area contributed by atoms with Gasteiger partial charge in [0.25, 0.3) is 0 Å². The van der Waals surface area contributed by atoms with E-state index in [-0.39, 0.29) is 11.8 Å². The minimum atomic E-state index is -0.566. The third kappa shape index (κ3) is 0.939. The van der Waals surface area contributed by atoms with E-state index in [9.17, 15) is 9.59 Å². The Morgan fingerprint density at radius 2 is 2.06 bits per heavy atom. The fourth-order valence-corrected chi connectivity index (χ4v) is 2.43. The predicted octanol–water partition coefficient (Wildman–Crippen LogP) is 1.56. The van der Waals surface area contributed by atoms with Crippen molar-refractivity contribution in [3.8, 4) is 0 Å². The van der Waals surface area contributed by atoms with Crippen LogP contribution in [0.5, 0.6) is 0 Å². The fraction of sp³-hybridized carbons (Fsp3) is 0.333. The highest BCUT2D eigenvalue weighted by Gasteiger charge is 2.61. The van der Waals surface area contributed by atoms with E-state index in [0.717, 1.165) is 18.5 Å². The topological polar surface area (TPSA) is 49.4 Å². The quantitative estimate of drug-likeness (QED) is 0.715. The molecule has 1 saturated carbocycles. The van der Waals surface area contributed by atoms with Crippen molar-refractivity contribution in [2.24, 2.45) is 0 Å². The average molecular weight is 216 g/mol. The first-order chi connectivity index (χ1) is 7.70. The maximum Gasteiger partial charge on any atom is 0.322 e. The SMILES string of the molecule is CNC(=O)N1c2ccccc2C(=O)C12CC2. The maximum atomic E-state index is 12.2. The first-order valence-corrected chi connectivity index (χ1v) is 5.36. The molecule has 0 saturated heterocycles. The Balaban J connectivity index is 2.17. The van der Waals surface area contributed by atoms with Crippen LogP contribution in [-0.4, -0.2) is 24.4 Å². The lowest BCUT2D eigenvalue weighted by Gasteiger charge is -2.23. The molecule has 2 aliphatic rings. The number of hydrogen-bond donors (Lipinski definition) is 1. The van der Waals surface area contributed by atoms with E-state index >= 15 is 0 Å². The van der Waals surface area contributed by atoms with Crippen LogP contribution in [0.15, 0.2) is 24.3 Å². The van der Waals surface area contributed by atoms with Crippen LogP contribution in [-0.2, 0) is 0 Å². The molecule has 0 unspecified atom stereocenters. The predicted molar refractivity (Wildman–Crippen MR) is 59.7 cm³/mol. The van der Waals surface area contributed by atoms with Crippen LogP contribution in [0, 0.1) is 0 Å². The molecule has 1 aromatic rings. The summed E-state index contributed by atoms with van der Waals surface area (Å²) in [5, 5.41) is 2.60. The van der Waals surface area contributed by atoms with Crippen molar-refractivity contribution in [3.05, 3.63) is 29.8 Å². The molecule has 4 nitrogen and oxygen atoms in total. The van der Waals surface area contributed by atoms with Gasteiger partial charge < -0.3 is 5.32 Å². The number of Topliss-reactive ketones (excluding diaryl/α,β-unsaturated/α-hetero) is 1. The van der Waals surface area contributed by atoms with Gasteiger partial charge in [-0.15, -0.1) is 0 Å². The Morgan fingerprint density at radius 1 is 1.38 bits per heavy atom. The number of rotatable bonds is 0. The van der Waals surface area contributed by atoms with Gasteiger partial charge in [-0.2, -0.15) is 0 Å². The Labute approximate surface area is 93.2 Å². The monoisotopic (exact) mass is 216 g/mol. The summed E-state index contributed by atoms with van der Waals surface area (Å²) in [5.74, 6) is 0.0895. The van der Waals surface area contributed by atoms with Crippen molar-refractivity contribution in [1.29, 1.82) is 0 Å². The molecule has 16 heavy (non-hydrogen) atoms. The summed E-state index contributed by atoms with van der Waals surface area (Å²) in [6, 6.07) is 7.11. The summed E-state index contributed by atoms with van der Waals surface area (Å²) in [5.41, 5.74) is 0.844. The largest absolute Gasteiger partial charge is 0.341 e. The molecule has 1 spiro atoms. The van der Waals surface area contributed by atoms with Crippen molar-refractivity contribution < 1.29 is 9.59 Å². The molecule has 82 valence electrons. The van der Waals surface area contributed by atoms with Crippen molar-refractivity contribution in [2.75, 3.05) is 11.9 Å². The molecule has 0 bridgehead atoms. The second-order valence-corrected chi connectivity index (χ2v) is 4.27. The summed E-state index contributed by atoms with van der Waals surface area (Å²) >= 11 is 0. The zero-order valence-corrected chi connectivity index (χ0v) is 8.99. The molecule has 1 aliphatic carbocycles. The van der Waals surface area contributed by atoms with E-state index in [2.05, 4.69) is 5.32 Å². The number of anilines is 1. The number of fused-ring (bicyclic) bond motifs is 1. The van der Waals surface area contributed by atoms with Gasteiger partial charge in [0.2, 0.25) is 0 Å². The summed E-state index contributed by atoms with van der Waals surface area (Å²) < 4.78 is 0. The van der Waals surface area contributed by atoms with Gasteiger partial charge in [0.05, 0.1) is 5.69 Å². The highest BCUT2D eigenvalue weighted by molar-refractivity contribution is 6.21. The molecule has 1 aromatic carbocycles. The first kappa shape index (κ1) is 9.39. The Morgan fingerprint density at radius 3 is 2.69 bits per heavy atom. The van der Waals surface area contributed by atoms with E-state index in [1.54, 1.807) is 18.0 Å². The van der Waals surface area contributed by atoms with Crippen molar-refractivity contribution in [1.82, 2.24) is 5.32 Å². The molecule has 0 aromatic heterocycles. The lowest BCUT2D eigenvalue weighted by Crippen LogP contribution is -2.46. The van der Waals surface area contributed by atoms with E-state index in [4.69, 9.17) is 0 Å². The van der Waals surface area contributed by atoms with Crippen molar-refractivity contribution in [3.63, 3.8) is 0 Å². The van der Waals surface area contributed by atoms with Gasteiger partial charge in [-0.1, -0.05) is 12.1 Å². The Bertz CT molecular complexity index is 492. The minimum absolute atomic E-state index is 0.0895. The van der Waals surface area contributed by atoms with Gasteiger partial charge in [-0.3, -0.25) is 9.69 Å². The van der Waals surface area contributed by atoms with Crippen molar-refractivity contribution in [2.45, 2.75) is 18.4 Å². The molecule has 2 amide bonds. The maximum absolute atomic E-state index is 12.2. The molecule has 1 heterocycles. The van der Waals surface area contributed by atoms with Crippen LogP contribution >= 0.6 is 0 Å². The summed E-state index contributed by atoms with van der Waals surface area (Å²) in [7, 11) is 1.59. The van der Waals surface area contributed by atoms with Gasteiger partial charge in [-0.25, -0.2) is 4.79 Å². The number of amides is 2. The van der Waals surface area contributed by atoms with Gasteiger partial charge in [0, 0.05) is 12.6 Å². The number of ketones is 1. The molecule has 4 heteroatoms. The molecule has 1 fully saturated rings. The van der Waals surface area contributed by atoms with E-state index < -0.39 is 5.54 Å². The number of urea groups is 1. The molecule has 1 aliphatic heterocycles. The number of carbonyl (C=O) groups is 2. The number of nitrogens with zero attached hydrogens (tertiary/aromatic N) is 1. The standard InChI is InChI=1S/C12H12N2O2/c1-13-11(16)14-9-5-3-2-4-8(9)10(15)12(14)6-7-12/h2-5H,6-7H2,1H3,(H,13,16). The van der Waals surface area contributed by atoms with Crippen LogP contribution in [0.2, 0.25) is 0 Å². The highest BCUT2D eigenvalue weighted by Crippen LogP contribution is 2.52. The summed E-state index contributed by atoms with van der Waals surface area (Å²) in [6.07, 6.45) is 1.54. The van der Waals surface area contributed by atoms with Crippen LogP contribution in [0.3, 0.4) is 0 Å². The average Bonchev–Trinajstić information content (AvgIpc) is 3.05. The van der Waals surface area contributed by atoms with E-state index in [1.165, 1.54) is 0 Å². The zero-order chi connectivity index (χ0) is 11.3.